The maximum atomic E-state index is 13.3. The molecule has 9 aromatic rings. The highest BCUT2D eigenvalue weighted by Gasteiger charge is 2.25. The average molecular weight is 1710 g/mol. The minimum atomic E-state index is -1.36. The number of Topliss-reactive ketones (excluding diaryl/α,β-unsaturated/α-hetero) is 1. The highest BCUT2D eigenvalue weighted by Crippen LogP contribution is 2.30. The number of hydrogen-bond acceptors (Lipinski definition) is 22. The molecule has 0 bridgehead atoms. The minimum Gasteiger partial charge on any atom is -0.433 e. The highest BCUT2D eigenvalue weighted by atomic mass is 35.5. The second-order valence-corrected chi connectivity index (χ2v) is 33.2. The van der Waals surface area contributed by atoms with E-state index in [2.05, 4.69) is 119 Å². The normalized spacial score (nSPS) is 12.1. The van der Waals surface area contributed by atoms with Crippen molar-refractivity contribution in [3.8, 4) is 36.5 Å². The lowest BCUT2D eigenvalue weighted by Crippen LogP contribution is -2.15. The Morgan fingerprint density at radius 2 is 1.17 bits per heavy atom. The van der Waals surface area contributed by atoms with Crippen molar-refractivity contribution in [2.45, 2.75) is 252 Å². The average Bonchev–Trinajstić information content (AvgIpc) is 1.78. The van der Waals surface area contributed by atoms with Crippen LogP contribution in [0.5, 0.6) is 0 Å². The van der Waals surface area contributed by atoms with E-state index >= 15 is 0 Å². The monoisotopic (exact) mass is 1710 g/mol. The second-order valence-electron chi connectivity index (χ2n) is 31.9. The number of ketones is 1. The molecule has 1 atom stereocenters. The number of oxazole rings is 1. The molecule has 0 spiro atoms. The zero-order valence-electron chi connectivity index (χ0n) is 73.5. The van der Waals surface area contributed by atoms with Crippen LogP contribution in [0.4, 0.5) is 36.4 Å². The lowest BCUT2D eigenvalue weighted by molar-refractivity contribution is -0.385. The zero-order chi connectivity index (χ0) is 92.3. The molecular formula is C90H112ClF7N16O6S. The van der Waals surface area contributed by atoms with Gasteiger partial charge in [-0.25, -0.2) is 45.7 Å². The fraction of sp³-hybridized carbons (Fsp3) is 0.478. The Morgan fingerprint density at radius 1 is 0.603 bits per heavy atom. The number of halogens is 8. The Balaban J connectivity index is 0.000000667. The molecule has 4 aromatic carbocycles. The molecule has 1 aliphatic heterocycles. The Kier molecular flexibility index (Phi) is 48.5. The molecule has 31 heteroatoms. The van der Waals surface area contributed by atoms with Crippen molar-refractivity contribution < 1.29 is 53.8 Å². The summed E-state index contributed by atoms with van der Waals surface area (Å²) in [6, 6.07) is 26.1. The number of carbonyl (C=O) groups is 1. The van der Waals surface area contributed by atoms with E-state index in [1.807, 2.05) is 118 Å². The molecule has 1 fully saturated rings. The van der Waals surface area contributed by atoms with Gasteiger partial charge < -0.3 is 18.3 Å². The summed E-state index contributed by atoms with van der Waals surface area (Å²) < 4.78 is 109. The number of benzene rings is 4. The van der Waals surface area contributed by atoms with Crippen LogP contribution in [0.3, 0.4) is 0 Å². The van der Waals surface area contributed by atoms with Crippen molar-refractivity contribution in [1.29, 1.82) is 31.6 Å². The third kappa shape index (κ3) is 39.9. The molecule has 2 aliphatic rings. The molecule has 22 nitrogen and oxygen atoms in total. The van der Waals surface area contributed by atoms with Crippen LogP contribution >= 0.6 is 23.1 Å². The molecule has 5 aromatic heterocycles. The Morgan fingerprint density at radius 3 is 1.53 bits per heavy atom. The molecule has 6 heterocycles. The summed E-state index contributed by atoms with van der Waals surface area (Å²) >= 11 is 7.08. The molecule has 1 unspecified atom stereocenters. The number of hydrogen-bond donors (Lipinski definition) is 0. The van der Waals surface area contributed by atoms with Crippen molar-refractivity contribution in [2.24, 2.45) is 17.3 Å². The number of allylic oxidation sites excluding steroid dienone is 2. The van der Waals surface area contributed by atoms with E-state index in [4.69, 9.17) is 52.0 Å². The standard InChI is InChI=1S/C11H18O.2C10H10FN.C9H8F4.C9H10FNO2.C8H10ClN.C8H14N2.C7H8N2O.2C6H7N3O.C6H10N2S/c1-11(2,3)8-7-10(12)9-5-4-6-9;1-7(2)9-5-8(6-12)3-4-10(9)11;1-7(2)9-5-3-4-8(6-12)10(9)11;1-4(2)7-8(12)5(10)3-6(11)9(7)13;1-6(2)8-5-7(11(12)13)3-4-9(8)10;1-6(2)7-3-4-8(9)10-5-7;1-7(2)8-3-4-10(5-8)6-9;1-5(2)6-4-9-7(3-8)10-6;1-4(2)6-9-8-5(3-7)10-6;1-4(2)6-8-5(3-7)10-9-6;1-4(2)6-7-5(3)9-8-6/h5H,4,6-8H2,1-3H3;2*3-5,7H,1-2H3;3-4H,1-2H3;3-6H,1-2H3;3-6H,1-2H3;7-8H,3-5H2,1-2H3;4-5H,1-2H3;2*4H,1-2H3;4H,1-3H3. The molecule has 11 rings (SSSR count). The van der Waals surface area contributed by atoms with Gasteiger partial charge in [-0.1, -0.05) is 205 Å². The van der Waals surface area contributed by atoms with Gasteiger partial charge in [0.2, 0.25) is 5.89 Å². The summed E-state index contributed by atoms with van der Waals surface area (Å²) in [6.45, 7) is 49.2. The van der Waals surface area contributed by atoms with E-state index in [1.165, 1.54) is 67.7 Å². The number of nitrogens with zero attached hydrogens (tertiary/aromatic N) is 16. The molecule has 650 valence electrons. The van der Waals surface area contributed by atoms with E-state index in [0.717, 1.165) is 78.8 Å². The molecule has 0 radical (unpaired) electrons. The predicted octanol–water partition coefficient (Wildman–Crippen LogP) is 25.0. The summed E-state index contributed by atoms with van der Waals surface area (Å²) in [5.41, 5.74) is 4.21. The Bertz CT molecular complexity index is 4820. The Hall–Kier alpha value is -11.6. The third-order valence-electron chi connectivity index (χ3n) is 17.4. The van der Waals surface area contributed by atoms with Crippen LogP contribution in [-0.4, -0.2) is 68.4 Å². The van der Waals surface area contributed by atoms with Gasteiger partial charge in [0.1, 0.15) is 45.3 Å². The maximum absolute atomic E-state index is 13.3. The van der Waals surface area contributed by atoms with Crippen LogP contribution in [0.15, 0.2) is 110 Å². The van der Waals surface area contributed by atoms with Gasteiger partial charge in [-0.05, 0) is 155 Å². The van der Waals surface area contributed by atoms with Crippen LogP contribution in [0.1, 0.15) is 330 Å². The van der Waals surface area contributed by atoms with Gasteiger partial charge in [-0.3, -0.25) is 14.9 Å². The van der Waals surface area contributed by atoms with Gasteiger partial charge in [0, 0.05) is 73.1 Å². The molecule has 0 amide bonds. The smallest absolute Gasteiger partial charge is 0.329 e. The minimum absolute atomic E-state index is 0.0312. The first-order valence-electron chi connectivity index (χ1n) is 39.4. The summed E-state index contributed by atoms with van der Waals surface area (Å²) in [7, 11) is 0. The number of aryl methyl sites for hydroxylation is 1. The molecule has 0 N–H and O–H groups in total. The SMILES string of the molecule is CC(C)(C)CCC(=O)C1=CCC1.CC(C)C1CCN(C#N)C1.CC(C)c1c(F)c(F)cc(F)c1F.CC(C)c1cc(C#N)ccc1F.CC(C)c1cc([N+](=O)[O-])ccc1F.CC(C)c1ccc(Cl)nc1.CC(C)c1cccc(C#N)c1F.CC(C)c1cnc(C#N)o1.CC(C)c1nnc(C#N)o1.CC(C)c1noc(C#N)n1.Cc1nc(C(C)C)ns1. The topological polar surface area (TPSA) is 349 Å². The largest absolute Gasteiger partial charge is 0.433 e. The molecule has 1 saturated heterocycles. The molecule has 0 saturated carbocycles. The van der Waals surface area contributed by atoms with Gasteiger partial charge in [0.15, 0.2) is 59.3 Å². The predicted molar refractivity (Wildman–Crippen MR) is 453 cm³/mol. The van der Waals surface area contributed by atoms with Gasteiger partial charge >= 0.3 is 17.7 Å². The van der Waals surface area contributed by atoms with E-state index < -0.39 is 39.7 Å². The summed E-state index contributed by atoms with van der Waals surface area (Å²) in [5, 5.41) is 73.2. The van der Waals surface area contributed by atoms with Crippen LogP contribution in [0.25, 0.3) is 0 Å². The van der Waals surface area contributed by atoms with Gasteiger partial charge in [-0.15, -0.1) is 5.10 Å². The van der Waals surface area contributed by atoms with E-state index in [9.17, 15) is 45.6 Å². The fourth-order valence-electron chi connectivity index (χ4n) is 9.85. The van der Waals surface area contributed by atoms with Crippen LogP contribution in [0, 0.1) is 143 Å². The number of nitro groups is 1. The number of carbonyl (C=O) groups excluding carboxylic acids is 1. The van der Waals surface area contributed by atoms with Crippen LogP contribution < -0.4 is 0 Å². The van der Waals surface area contributed by atoms with Crippen molar-refractivity contribution in [3.05, 3.63) is 238 Å². The van der Waals surface area contributed by atoms with Crippen molar-refractivity contribution in [3.63, 3.8) is 0 Å². The molecule has 1 aliphatic carbocycles. The molecular weight excluding hydrogens is 1600 g/mol. The summed E-state index contributed by atoms with van der Waals surface area (Å²) in [4.78, 5) is 38.8. The number of pyridine rings is 1. The third-order valence-corrected chi connectivity index (χ3v) is 18.2. The first kappa shape index (κ1) is 107. The van der Waals surface area contributed by atoms with Crippen LogP contribution in [0.2, 0.25) is 5.15 Å². The van der Waals surface area contributed by atoms with Gasteiger partial charge in [-0.2, -0.15) is 40.9 Å². The van der Waals surface area contributed by atoms with Crippen LogP contribution in [-0.2, 0) is 4.79 Å². The first-order chi connectivity index (χ1) is 56.6. The number of rotatable bonds is 14. The van der Waals surface area contributed by atoms with E-state index in [-0.39, 0.29) is 82.0 Å². The van der Waals surface area contributed by atoms with Crippen molar-refractivity contribution in [1.82, 2.24) is 44.6 Å². The number of non-ortho nitro benzene ring substituents is 1. The maximum Gasteiger partial charge on any atom is 0.329 e. The first-order valence-corrected chi connectivity index (χ1v) is 40.5. The quantitative estimate of drug-likeness (QED) is 0.0244. The van der Waals surface area contributed by atoms with Crippen molar-refractivity contribution in [2.75, 3.05) is 13.1 Å². The second kappa shape index (κ2) is 54.6. The number of aromatic nitrogens is 8. The van der Waals surface area contributed by atoms with Gasteiger partial charge in [0.05, 0.1) is 28.3 Å². The molecule has 121 heavy (non-hydrogen) atoms. The van der Waals surface area contributed by atoms with E-state index in [1.54, 1.807) is 50.4 Å². The lowest BCUT2D eigenvalue weighted by atomic mass is 9.86. The Labute approximate surface area is 716 Å². The van der Waals surface area contributed by atoms with Crippen molar-refractivity contribution >= 4 is 34.6 Å². The van der Waals surface area contributed by atoms with Gasteiger partial charge in [0.25, 0.3) is 5.69 Å². The summed E-state index contributed by atoms with van der Waals surface area (Å²) in [5.74, 6) is -0.142. The summed E-state index contributed by atoms with van der Waals surface area (Å²) in [6.07, 6.45) is 12.7. The zero-order valence-corrected chi connectivity index (χ0v) is 75.1. The number of nitriles is 6. The van der Waals surface area contributed by atoms with E-state index in [0.29, 0.717) is 68.1 Å². The number of likely N-dealkylation sites (tertiary alicyclic amines) is 1. The highest BCUT2D eigenvalue weighted by molar-refractivity contribution is 7.05. The fourth-order valence-corrected chi connectivity index (χ4v) is 10.6. The lowest BCUT2D eigenvalue weighted by Gasteiger charge is -2.19. The number of nitro benzene ring substituents is 1.